The molecule has 1 saturated heterocycles. The molecule has 2 aliphatic rings. The highest BCUT2D eigenvalue weighted by Crippen LogP contribution is 2.47. The van der Waals surface area contributed by atoms with Gasteiger partial charge in [0.2, 0.25) is 11.8 Å². The highest BCUT2D eigenvalue weighted by Gasteiger charge is 2.36. The Morgan fingerprint density at radius 1 is 1.33 bits per heavy atom. The summed E-state index contributed by atoms with van der Waals surface area (Å²) in [5.41, 5.74) is 5.21. The first-order valence-electron chi connectivity index (χ1n) is 8.90. The van der Waals surface area contributed by atoms with Crippen molar-refractivity contribution in [2.24, 2.45) is 11.7 Å². The number of rotatable bonds is 7. The van der Waals surface area contributed by atoms with E-state index in [4.69, 9.17) is 10.2 Å². The van der Waals surface area contributed by atoms with Gasteiger partial charge < -0.3 is 15.5 Å². The lowest BCUT2D eigenvalue weighted by Gasteiger charge is -2.31. The molecule has 1 aliphatic carbocycles. The molecule has 6 heteroatoms. The van der Waals surface area contributed by atoms with Gasteiger partial charge in [-0.15, -0.1) is 0 Å². The van der Waals surface area contributed by atoms with Gasteiger partial charge in [0.15, 0.2) is 0 Å². The van der Waals surface area contributed by atoms with Gasteiger partial charge in [0.05, 0.1) is 6.54 Å². The molecule has 2 heterocycles. The van der Waals surface area contributed by atoms with E-state index < -0.39 is 0 Å². The zero-order valence-electron chi connectivity index (χ0n) is 14.3. The highest BCUT2D eigenvalue weighted by molar-refractivity contribution is 5.76. The van der Waals surface area contributed by atoms with Gasteiger partial charge in [-0.25, -0.2) is 0 Å². The Morgan fingerprint density at radius 3 is 2.67 bits per heavy atom. The molecule has 0 aromatic carbocycles. The molecule has 3 rings (SSSR count). The van der Waals surface area contributed by atoms with E-state index in [9.17, 15) is 9.59 Å². The van der Waals surface area contributed by atoms with Gasteiger partial charge in [0.25, 0.3) is 0 Å². The van der Waals surface area contributed by atoms with Crippen LogP contribution in [0.5, 0.6) is 0 Å². The molecule has 2 unspecified atom stereocenters. The topological polar surface area (TPSA) is 88.6 Å². The van der Waals surface area contributed by atoms with Crippen molar-refractivity contribution in [1.29, 1.82) is 0 Å². The molecule has 0 spiro atoms. The first-order valence-corrected chi connectivity index (χ1v) is 8.90. The number of carbonyl (C=O) groups excluding carboxylic acids is 2. The van der Waals surface area contributed by atoms with Crippen LogP contribution >= 0.6 is 0 Å². The molecule has 132 valence electrons. The fraction of sp³-hybridized carbons (Fsp3) is 0.667. The number of nitrogens with zero attached hydrogens (tertiary/aromatic N) is 1. The van der Waals surface area contributed by atoms with Gasteiger partial charge in [0, 0.05) is 37.9 Å². The summed E-state index contributed by atoms with van der Waals surface area (Å²) in [5, 5.41) is 3.09. The maximum absolute atomic E-state index is 12.1. The van der Waals surface area contributed by atoms with Gasteiger partial charge in [-0.2, -0.15) is 0 Å². The first-order chi connectivity index (χ1) is 11.5. The maximum atomic E-state index is 12.1. The standard InChI is InChI=1S/C18H27N3O3/c1-12-10-15(12)16-4-2-14(24-16)3-5-18(23)20-13-6-8-21(9-7-13)11-17(19)22/h2,4,12-13,15H,3,5-11H2,1H3,(H2,19,22)(H,20,23). The summed E-state index contributed by atoms with van der Waals surface area (Å²) in [6.45, 7) is 4.14. The molecule has 1 saturated carbocycles. The van der Waals surface area contributed by atoms with E-state index in [-0.39, 0.29) is 17.9 Å². The van der Waals surface area contributed by atoms with E-state index in [0.717, 1.165) is 43.4 Å². The van der Waals surface area contributed by atoms with Crippen LogP contribution in [0.2, 0.25) is 0 Å². The Labute approximate surface area is 142 Å². The van der Waals surface area contributed by atoms with Crippen molar-refractivity contribution >= 4 is 11.8 Å². The third-order valence-electron chi connectivity index (χ3n) is 5.09. The quantitative estimate of drug-likeness (QED) is 0.789. The Hall–Kier alpha value is -1.82. The number of piperidine rings is 1. The molecule has 24 heavy (non-hydrogen) atoms. The molecule has 1 aliphatic heterocycles. The summed E-state index contributed by atoms with van der Waals surface area (Å²) in [4.78, 5) is 25.1. The van der Waals surface area contributed by atoms with Crippen molar-refractivity contribution in [2.75, 3.05) is 19.6 Å². The molecule has 3 N–H and O–H groups in total. The van der Waals surface area contributed by atoms with Gasteiger partial charge in [-0.1, -0.05) is 6.92 Å². The second kappa shape index (κ2) is 7.38. The van der Waals surface area contributed by atoms with Crippen LogP contribution in [0.25, 0.3) is 0 Å². The predicted octanol–water partition coefficient (Wildman–Crippen LogP) is 1.40. The largest absolute Gasteiger partial charge is 0.466 e. The van der Waals surface area contributed by atoms with Crippen LogP contribution in [0.15, 0.2) is 16.5 Å². The minimum atomic E-state index is -0.295. The fourth-order valence-corrected chi connectivity index (χ4v) is 3.44. The minimum Gasteiger partial charge on any atom is -0.466 e. The fourth-order valence-electron chi connectivity index (χ4n) is 3.44. The van der Waals surface area contributed by atoms with Crippen LogP contribution in [0, 0.1) is 5.92 Å². The normalized spacial score (nSPS) is 24.7. The van der Waals surface area contributed by atoms with Crippen LogP contribution in [-0.4, -0.2) is 42.4 Å². The van der Waals surface area contributed by atoms with Crippen LogP contribution in [0.1, 0.15) is 50.0 Å². The second-order valence-electron chi connectivity index (χ2n) is 7.21. The third kappa shape index (κ3) is 4.60. The van der Waals surface area contributed by atoms with Gasteiger partial charge in [-0.05, 0) is 37.3 Å². The number of nitrogens with one attached hydrogen (secondary N) is 1. The van der Waals surface area contributed by atoms with Crippen LogP contribution in [0.4, 0.5) is 0 Å². The molecule has 2 amide bonds. The lowest BCUT2D eigenvalue weighted by atomic mass is 10.0. The average Bonchev–Trinajstić information content (AvgIpc) is 3.08. The van der Waals surface area contributed by atoms with E-state index in [1.165, 1.54) is 6.42 Å². The van der Waals surface area contributed by atoms with Crippen molar-refractivity contribution in [1.82, 2.24) is 10.2 Å². The van der Waals surface area contributed by atoms with E-state index in [2.05, 4.69) is 18.3 Å². The SMILES string of the molecule is CC1CC1c1ccc(CCC(=O)NC2CCN(CC(N)=O)CC2)o1. The number of amides is 2. The number of aryl methyl sites for hydroxylation is 1. The molecule has 0 radical (unpaired) electrons. The molecule has 2 fully saturated rings. The second-order valence-corrected chi connectivity index (χ2v) is 7.21. The maximum Gasteiger partial charge on any atom is 0.231 e. The lowest BCUT2D eigenvalue weighted by Crippen LogP contribution is -2.46. The van der Waals surface area contributed by atoms with E-state index in [0.29, 0.717) is 25.3 Å². The summed E-state index contributed by atoms with van der Waals surface area (Å²) < 4.78 is 5.84. The molecular formula is C18H27N3O3. The number of likely N-dealkylation sites (tertiary alicyclic amines) is 1. The Balaban J connectivity index is 1.36. The molecule has 1 aromatic rings. The van der Waals surface area contributed by atoms with Crippen LogP contribution in [-0.2, 0) is 16.0 Å². The van der Waals surface area contributed by atoms with Gasteiger partial charge >= 0.3 is 0 Å². The third-order valence-corrected chi connectivity index (χ3v) is 5.09. The molecule has 6 nitrogen and oxygen atoms in total. The zero-order valence-corrected chi connectivity index (χ0v) is 14.3. The monoisotopic (exact) mass is 333 g/mol. The van der Waals surface area contributed by atoms with Crippen LogP contribution in [0.3, 0.4) is 0 Å². The lowest BCUT2D eigenvalue weighted by molar-refractivity contribution is -0.123. The molecule has 0 bridgehead atoms. The van der Waals surface area contributed by atoms with Crippen molar-refractivity contribution in [3.8, 4) is 0 Å². The molecule has 1 aromatic heterocycles. The molecular weight excluding hydrogens is 306 g/mol. The van der Waals surface area contributed by atoms with Crippen molar-refractivity contribution in [3.63, 3.8) is 0 Å². The predicted molar refractivity (Wildman–Crippen MR) is 90.4 cm³/mol. The van der Waals surface area contributed by atoms with E-state index >= 15 is 0 Å². The average molecular weight is 333 g/mol. The zero-order chi connectivity index (χ0) is 17.1. The first kappa shape index (κ1) is 17.0. The summed E-state index contributed by atoms with van der Waals surface area (Å²) in [5.74, 6) is 3.05. The number of hydrogen-bond acceptors (Lipinski definition) is 4. The van der Waals surface area contributed by atoms with Gasteiger partial charge in [-0.3, -0.25) is 14.5 Å². The summed E-state index contributed by atoms with van der Waals surface area (Å²) in [6.07, 6.45) is 4.04. The number of primary amides is 1. The van der Waals surface area contributed by atoms with Crippen molar-refractivity contribution < 1.29 is 14.0 Å². The number of furan rings is 1. The summed E-state index contributed by atoms with van der Waals surface area (Å²) in [6, 6.07) is 4.24. The number of nitrogens with two attached hydrogens (primary N) is 1. The minimum absolute atomic E-state index is 0.0705. The van der Waals surface area contributed by atoms with Crippen molar-refractivity contribution in [3.05, 3.63) is 23.7 Å². The van der Waals surface area contributed by atoms with E-state index in [1.54, 1.807) is 0 Å². The Kier molecular flexibility index (Phi) is 5.23. The molecule has 2 atom stereocenters. The Morgan fingerprint density at radius 2 is 2.04 bits per heavy atom. The van der Waals surface area contributed by atoms with E-state index in [1.807, 2.05) is 11.0 Å². The van der Waals surface area contributed by atoms with Gasteiger partial charge in [0.1, 0.15) is 11.5 Å². The summed E-state index contributed by atoms with van der Waals surface area (Å²) >= 11 is 0. The summed E-state index contributed by atoms with van der Waals surface area (Å²) in [7, 11) is 0. The number of hydrogen-bond donors (Lipinski definition) is 2. The van der Waals surface area contributed by atoms with Crippen molar-refractivity contribution in [2.45, 2.75) is 51.0 Å². The Bertz CT molecular complexity index is 590. The number of carbonyl (C=O) groups is 2. The highest BCUT2D eigenvalue weighted by atomic mass is 16.3. The van der Waals surface area contributed by atoms with Crippen LogP contribution < -0.4 is 11.1 Å². The smallest absolute Gasteiger partial charge is 0.231 e.